The van der Waals surface area contributed by atoms with Crippen LogP contribution in [0.4, 0.5) is 11.4 Å². The quantitative estimate of drug-likeness (QED) is 0.460. The average Bonchev–Trinajstić information content (AvgIpc) is 3.31. The van der Waals surface area contributed by atoms with Gasteiger partial charge in [-0.1, -0.05) is 41.9 Å². The number of benzene rings is 2. The van der Waals surface area contributed by atoms with Crippen LogP contribution in [0.1, 0.15) is 30.5 Å². The van der Waals surface area contributed by atoms with Crippen LogP contribution in [-0.4, -0.2) is 43.6 Å². The molecule has 1 fully saturated rings. The molecule has 4 rings (SSSR count). The van der Waals surface area contributed by atoms with Crippen LogP contribution in [0.3, 0.4) is 0 Å². The Kier molecular flexibility index (Phi) is 6.24. The molecule has 2 aromatic carbocycles. The van der Waals surface area contributed by atoms with Gasteiger partial charge >= 0.3 is 0 Å². The summed E-state index contributed by atoms with van der Waals surface area (Å²) in [5.74, 6) is -0.248. The predicted octanol–water partition coefficient (Wildman–Crippen LogP) is 3.86. The molecule has 9 nitrogen and oxygen atoms in total. The molecule has 1 unspecified atom stereocenters. The van der Waals surface area contributed by atoms with Crippen LogP contribution in [0.2, 0.25) is 5.02 Å². The van der Waals surface area contributed by atoms with Gasteiger partial charge in [-0.25, -0.2) is 9.67 Å². The number of carbonyl (C=O) groups excluding carboxylic acids is 1. The van der Waals surface area contributed by atoms with Gasteiger partial charge in [0.15, 0.2) is 0 Å². The summed E-state index contributed by atoms with van der Waals surface area (Å²) in [5, 5.41) is 18.3. The molecule has 1 aromatic heterocycles. The standard InChI is InChI=1S/C21H21ClN6O3/c22-18-7-6-16(12-19(18)28(30)31)25-21(29)20(15-4-2-1-3-5-15)26-10-8-17(9-11-26)27-14-23-13-24-27/h1-7,12-14,17,20H,8-11H2,(H,25,29). The van der Waals surface area contributed by atoms with Crippen molar-refractivity contribution in [3.63, 3.8) is 0 Å². The lowest BCUT2D eigenvalue weighted by atomic mass is 9.98. The highest BCUT2D eigenvalue weighted by atomic mass is 35.5. The third kappa shape index (κ3) is 4.73. The maximum atomic E-state index is 13.3. The summed E-state index contributed by atoms with van der Waals surface area (Å²) >= 11 is 5.89. The van der Waals surface area contributed by atoms with E-state index in [0.717, 1.165) is 18.4 Å². The van der Waals surface area contributed by atoms with E-state index >= 15 is 0 Å². The fourth-order valence-corrected chi connectivity index (χ4v) is 4.11. The molecular formula is C21H21ClN6O3. The number of hydrogen-bond acceptors (Lipinski definition) is 6. The van der Waals surface area contributed by atoms with Crippen molar-refractivity contribution in [2.75, 3.05) is 18.4 Å². The zero-order chi connectivity index (χ0) is 21.8. The Hall–Kier alpha value is -3.30. The van der Waals surface area contributed by atoms with Crippen molar-refractivity contribution in [2.45, 2.75) is 24.9 Å². The molecule has 31 heavy (non-hydrogen) atoms. The second kappa shape index (κ2) is 9.23. The summed E-state index contributed by atoms with van der Waals surface area (Å²) in [7, 11) is 0. The van der Waals surface area contributed by atoms with E-state index in [-0.39, 0.29) is 22.7 Å². The Balaban J connectivity index is 1.54. The summed E-state index contributed by atoms with van der Waals surface area (Å²) in [6.45, 7) is 1.41. The van der Waals surface area contributed by atoms with E-state index in [9.17, 15) is 14.9 Å². The second-order valence-corrected chi connectivity index (χ2v) is 7.78. The lowest BCUT2D eigenvalue weighted by Crippen LogP contribution is -2.42. The molecule has 1 aliphatic rings. The predicted molar refractivity (Wildman–Crippen MR) is 116 cm³/mol. The van der Waals surface area contributed by atoms with Crippen molar-refractivity contribution in [3.8, 4) is 0 Å². The van der Waals surface area contributed by atoms with Crippen molar-refractivity contribution >= 4 is 28.9 Å². The van der Waals surface area contributed by atoms with Crippen LogP contribution >= 0.6 is 11.6 Å². The molecule has 0 spiro atoms. The number of nitrogens with one attached hydrogen (secondary N) is 1. The van der Waals surface area contributed by atoms with E-state index in [4.69, 9.17) is 11.6 Å². The van der Waals surface area contributed by atoms with Gasteiger partial charge in [-0.05, 0) is 30.5 Å². The largest absolute Gasteiger partial charge is 0.324 e. The number of carbonyl (C=O) groups is 1. The van der Waals surface area contributed by atoms with Crippen LogP contribution in [0.15, 0.2) is 61.2 Å². The number of hydrogen-bond donors (Lipinski definition) is 1. The molecule has 2 heterocycles. The van der Waals surface area contributed by atoms with E-state index in [1.54, 1.807) is 12.4 Å². The second-order valence-electron chi connectivity index (χ2n) is 7.37. The molecule has 160 valence electrons. The molecule has 3 aromatic rings. The topological polar surface area (TPSA) is 106 Å². The Morgan fingerprint density at radius 3 is 2.58 bits per heavy atom. The Morgan fingerprint density at radius 2 is 1.94 bits per heavy atom. The molecular weight excluding hydrogens is 420 g/mol. The number of rotatable bonds is 6. The van der Waals surface area contributed by atoms with Crippen molar-refractivity contribution in [1.82, 2.24) is 19.7 Å². The van der Waals surface area contributed by atoms with Crippen LogP contribution < -0.4 is 5.32 Å². The molecule has 1 saturated heterocycles. The molecule has 1 aliphatic heterocycles. The van der Waals surface area contributed by atoms with Gasteiger partial charge in [0.25, 0.3) is 5.69 Å². The van der Waals surface area contributed by atoms with Crippen LogP contribution in [0.5, 0.6) is 0 Å². The van der Waals surface area contributed by atoms with Crippen molar-refractivity contribution in [1.29, 1.82) is 0 Å². The number of piperidine rings is 1. The molecule has 0 bridgehead atoms. The van der Waals surface area contributed by atoms with Crippen molar-refractivity contribution in [3.05, 3.63) is 81.9 Å². The summed E-state index contributed by atoms with van der Waals surface area (Å²) in [5.41, 5.74) is 0.951. The summed E-state index contributed by atoms with van der Waals surface area (Å²) in [6, 6.07) is 13.5. The van der Waals surface area contributed by atoms with Gasteiger partial charge in [0, 0.05) is 24.8 Å². The number of halogens is 1. The minimum Gasteiger partial charge on any atom is -0.324 e. The van der Waals surface area contributed by atoms with E-state index in [0.29, 0.717) is 18.8 Å². The van der Waals surface area contributed by atoms with Crippen LogP contribution in [0.25, 0.3) is 0 Å². The Bertz CT molecular complexity index is 1050. The fourth-order valence-electron chi connectivity index (χ4n) is 3.92. The van der Waals surface area contributed by atoms with Gasteiger partial charge in [0.2, 0.25) is 5.91 Å². The van der Waals surface area contributed by atoms with E-state index in [1.807, 2.05) is 35.0 Å². The van der Waals surface area contributed by atoms with Gasteiger partial charge in [-0.2, -0.15) is 5.10 Å². The van der Waals surface area contributed by atoms with Gasteiger partial charge in [0.1, 0.15) is 23.7 Å². The number of anilines is 1. The minimum absolute atomic E-state index is 0.0257. The summed E-state index contributed by atoms with van der Waals surface area (Å²) < 4.78 is 1.86. The number of nitro benzene ring substituents is 1. The third-order valence-electron chi connectivity index (χ3n) is 5.45. The lowest BCUT2D eigenvalue weighted by Gasteiger charge is -2.37. The third-order valence-corrected chi connectivity index (χ3v) is 5.77. The highest BCUT2D eigenvalue weighted by Crippen LogP contribution is 2.31. The first-order chi connectivity index (χ1) is 15.0. The van der Waals surface area contributed by atoms with Crippen molar-refractivity contribution < 1.29 is 9.72 Å². The smallest absolute Gasteiger partial charge is 0.289 e. The summed E-state index contributed by atoms with van der Waals surface area (Å²) in [6.07, 6.45) is 4.92. The fraction of sp³-hybridized carbons (Fsp3) is 0.286. The van der Waals surface area contributed by atoms with E-state index in [1.165, 1.54) is 18.5 Å². The number of nitrogens with zero attached hydrogens (tertiary/aromatic N) is 5. The molecule has 1 N–H and O–H groups in total. The zero-order valence-corrected chi connectivity index (χ0v) is 17.4. The maximum absolute atomic E-state index is 13.3. The molecule has 0 saturated carbocycles. The first-order valence-electron chi connectivity index (χ1n) is 9.91. The van der Waals surface area contributed by atoms with Gasteiger partial charge in [-0.3, -0.25) is 19.8 Å². The van der Waals surface area contributed by atoms with Gasteiger partial charge in [0.05, 0.1) is 11.0 Å². The number of amides is 1. The van der Waals surface area contributed by atoms with Gasteiger partial charge < -0.3 is 5.32 Å². The molecule has 0 radical (unpaired) electrons. The normalized spacial score (nSPS) is 16.0. The van der Waals surface area contributed by atoms with Crippen molar-refractivity contribution in [2.24, 2.45) is 0 Å². The monoisotopic (exact) mass is 440 g/mol. The first kappa shape index (κ1) is 21.0. The minimum atomic E-state index is -0.568. The SMILES string of the molecule is O=C(Nc1ccc(Cl)c([N+](=O)[O-])c1)C(c1ccccc1)N1CCC(n2cncn2)CC1. The highest BCUT2D eigenvalue weighted by molar-refractivity contribution is 6.32. The molecule has 10 heteroatoms. The molecule has 1 atom stereocenters. The zero-order valence-electron chi connectivity index (χ0n) is 16.6. The molecule has 0 aliphatic carbocycles. The maximum Gasteiger partial charge on any atom is 0.289 e. The Labute approximate surface area is 183 Å². The first-order valence-corrected chi connectivity index (χ1v) is 10.3. The number of nitro groups is 1. The van der Waals surface area contributed by atoms with Crippen LogP contribution in [0, 0.1) is 10.1 Å². The Morgan fingerprint density at radius 1 is 1.19 bits per heavy atom. The highest BCUT2D eigenvalue weighted by Gasteiger charge is 2.32. The van der Waals surface area contributed by atoms with Crippen LogP contribution in [-0.2, 0) is 4.79 Å². The number of likely N-dealkylation sites (tertiary alicyclic amines) is 1. The summed E-state index contributed by atoms with van der Waals surface area (Å²) in [4.78, 5) is 30.1. The average molecular weight is 441 g/mol. The van der Waals surface area contributed by atoms with E-state index in [2.05, 4.69) is 20.3 Å². The molecule has 1 amide bonds. The number of aromatic nitrogens is 3. The lowest BCUT2D eigenvalue weighted by molar-refractivity contribution is -0.384. The van der Waals surface area contributed by atoms with Gasteiger partial charge in [-0.15, -0.1) is 0 Å². The van der Waals surface area contributed by atoms with E-state index < -0.39 is 11.0 Å².